The first-order valence-corrected chi connectivity index (χ1v) is 7.53. The number of rotatable bonds is 2. The van der Waals surface area contributed by atoms with Gasteiger partial charge in [-0.25, -0.2) is 10.0 Å². The lowest BCUT2D eigenvalue weighted by molar-refractivity contribution is -0.523. The molecule has 1 fully saturated rings. The summed E-state index contributed by atoms with van der Waals surface area (Å²) in [5.41, 5.74) is 5.67. The molecule has 1 aromatic carbocycles. The molecule has 23 heavy (non-hydrogen) atoms. The van der Waals surface area contributed by atoms with E-state index >= 15 is 0 Å². The third kappa shape index (κ3) is 3.12. The van der Waals surface area contributed by atoms with Crippen LogP contribution in [-0.2, 0) is 4.79 Å². The molecule has 1 aromatic rings. The van der Waals surface area contributed by atoms with Crippen LogP contribution < -0.4 is 10.3 Å². The van der Waals surface area contributed by atoms with E-state index in [2.05, 4.69) is 27.5 Å². The number of piperazine rings is 1. The smallest absolute Gasteiger partial charge is 0.303 e. The highest BCUT2D eigenvalue weighted by atomic mass is 16.2. The van der Waals surface area contributed by atoms with Gasteiger partial charge in [0.1, 0.15) is 19.2 Å². The van der Waals surface area contributed by atoms with Gasteiger partial charge in [-0.15, -0.1) is 0 Å². The zero-order chi connectivity index (χ0) is 16.2. The van der Waals surface area contributed by atoms with Crippen LogP contribution in [0.5, 0.6) is 0 Å². The summed E-state index contributed by atoms with van der Waals surface area (Å²) in [7, 11) is 0. The predicted octanol–water partition coefficient (Wildman–Crippen LogP) is 0.758. The number of nitrogens with zero attached hydrogens (tertiary/aromatic N) is 4. The van der Waals surface area contributed by atoms with Gasteiger partial charge in [0.15, 0.2) is 0 Å². The largest absolute Gasteiger partial charge is 0.363 e. The van der Waals surface area contributed by atoms with Crippen LogP contribution in [-0.4, -0.2) is 48.4 Å². The van der Waals surface area contributed by atoms with Gasteiger partial charge < -0.3 is 4.90 Å². The fraction of sp³-hybridized carbons (Fsp3) is 0.375. The molecule has 2 N–H and O–H groups in total. The zero-order valence-electron chi connectivity index (χ0n) is 12.7. The van der Waals surface area contributed by atoms with Gasteiger partial charge in [0.05, 0.1) is 30.1 Å². The molecule has 0 radical (unpaired) electrons. The second-order valence-electron chi connectivity index (χ2n) is 5.52. The minimum atomic E-state index is -0.0771. The molecule has 0 spiro atoms. The highest BCUT2D eigenvalue weighted by Crippen LogP contribution is 2.23. The van der Waals surface area contributed by atoms with Crippen molar-refractivity contribution in [3.05, 3.63) is 29.3 Å². The Labute approximate surface area is 134 Å². The lowest BCUT2D eigenvalue weighted by atomic mass is 10.0. The number of nitrogens with one attached hydrogen (secondary N) is 2. The Morgan fingerprint density at radius 3 is 2.70 bits per heavy atom. The molecule has 7 heteroatoms. The van der Waals surface area contributed by atoms with E-state index in [1.807, 2.05) is 22.8 Å². The fourth-order valence-electron chi connectivity index (χ4n) is 2.82. The number of nitriles is 1. The first kappa shape index (κ1) is 14.9. The van der Waals surface area contributed by atoms with E-state index in [1.165, 1.54) is 0 Å². The van der Waals surface area contributed by atoms with Crippen molar-refractivity contribution in [1.29, 1.82) is 10.7 Å². The highest BCUT2D eigenvalue weighted by molar-refractivity contribution is 6.04. The number of carbonyl (C=O) groups excluding carboxylic acids is 1. The summed E-state index contributed by atoms with van der Waals surface area (Å²) in [6.45, 7) is 2.98. The second kappa shape index (κ2) is 6.42. The Balaban J connectivity index is 1.85. The number of carbonyl (C=O) groups is 1. The predicted molar refractivity (Wildman–Crippen MR) is 85.0 cm³/mol. The molecule has 7 nitrogen and oxygen atoms in total. The molecule has 2 aliphatic rings. The van der Waals surface area contributed by atoms with E-state index in [0.717, 1.165) is 43.1 Å². The van der Waals surface area contributed by atoms with Crippen LogP contribution in [0.4, 0.5) is 5.69 Å². The lowest BCUT2D eigenvalue weighted by Crippen LogP contribution is -2.42. The highest BCUT2D eigenvalue weighted by Gasteiger charge is 2.20. The lowest BCUT2D eigenvalue weighted by Gasteiger charge is -2.29. The number of amides is 1. The second-order valence-corrected chi connectivity index (χ2v) is 5.52. The van der Waals surface area contributed by atoms with E-state index in [0.29, 0.717) is 18.4 Å². The molecule has 3 rings (SSSR count). The van der Waals surface area contributed by atoms with E-state index in [9.17, 15) is 10.1 Å². The molecular weight excluding hydrogens is 292 g/mol. The van der Waals surface area contributed by atoms with Crippen molar-refractivity contribution in [2.75, 3.05) is 31.1 Å². The molecule has 116 valence electrons. The van der Waals surface area contributed by atoms with Crippen LogP contribution in [0.25, 0.3) is 0 Å². The average Bonchev–Trinajstić information content (AvgIpc) is 2.62. The van der Waals surface area contributed by atoms with E-state index in [-0.39, 0.29) is 5.91 Å². The molecule has 1 saturated heterocycles. The van der Waals surface area contributed by atoms with Gasteiger partial charge >= 0.3 is 6.01 Å². The summed E-state index contributed by atoms with van der Waals surface area (Å²) >= 11 is 0. The maximum absolute atomic E-state index is 11.2. The first-order chi connectivity index (χ1) is 11.2. The maximum atomic E-state index is 11.2. The fourth-order valence-corrected chi connectivity index (χ4v) is 2.82. The molecule has 0 aromatic heterocycles. The van der Waals surface area contributed by atoms with Gasteiger partial charge in [-0.3, -0.25) is 4.79 Å². The number of anilines is 1. The molecule has 2 aliphatic heterocycles. The molecule has 2 heterocycles. The van der Waals surface area contributed by atoms with Gasteiger partial charge in [0.2, 0.25) is 5.91 Å². The van der Waals surface area contributed by atoms with Crippen LogP contribution >= 0.6 is 0 Å². The third-order valence-corrected chi connectivity index (χ3v) is 4.13. The molecule has 0 atom stereocenters. The minimum Gasteiger partial charge on any atom is -0.363 e. The quantitative estimate of drug-likeness (QED) is 0.623. The van der Waals surface area contributed by atoms with Gasteiger partial charge in [0, 0.05) is 12.8 Å². The first-order valence-electron chi connectivity index (χ1n) is 7.53. The van der Waals surface area contributed by atoms with Gasteiger partial charge in [-0.1, -0.05) is 11.5 Å². The van der Waals surface area contributed by atoms with Crippen LogP contribution in [0.3, 0.4) is 0 Å². The van der Waals surface area contributed by atoms with Crippen molar-refractivity contribution < 1.29 is 9.37 Å². The van der Waals surface area contributed by atoms with Crippen molar-refractivity contribution >= 4 is 23.3 Å². The summed E-state index contributed by atoms with van der Waals surface area (Å²) in [6.07, 6.45) is 1.01. The summed E-state index contributed by atoms with van der Waals surface area (Å²) in [6, 6.07) is 10.4. The summed E-state index contributed by atoms with van der Waals surface area (Å²) < 4.78 is 1.83. The number of benzene rings is 1. The van der Waals surface area contributed by atoms with E-state index in [4.69, 9.17) is 5.41 Å². The normalized spacial score (nSPS) is 17.9. The van der Waals surface area contributed by atoms with E-state index < -0.39 is 0 Å². The third-order valence-electron chi connectivity index (χ3n) is 4.13. The maximum Gasteiger partial charge on any atom is 0.303 e. The zero-order valence-corrected chi connectivity index (χ0v) is 12.7. The number of hydrogen-bond acceptors (Lipinski definition) is 5. The van der Waals surface area contributed by atoms with Crippen molar-refractivity contribution in [1.82, 2.24) is 5.43 Å². The molecule has 0 aliphatic carbocycles. The van der Waals surface area contributed by atoms with Gasteiger partial charge in [-0.05, 0) is 17.7 Å². The Hall–Kier alpha value is -2.97. The monoisotopic (exact) mass is 309 g/mol. The minimum absolute atomic E-state index is 0.0771. The van der Waals surface area contributed by atoms with Crippen LogP contribution in [0.15, 0.2) is 23.3 Å². The Morgan fingerprint density at radius 1 is 1.30 bits per heavy atom. The summed E-state index contributed by atoms with van der Waals surface area (Å²) in [4.78, 5) is 13.3. The average molecular weight is 309 g/mol. The van der Waals surface area contributed by atoms with Crippen LogP contribution in [0, 0.1) is 16.7 Å². The summed E-state index contributed by atoms with van der Waals surface area (Å²) in [5.74, 6) is -0.0771. The van der Waals surface area contributed by atoms with Crippen molar-refractivity contribution in [3.8, 4) is 6.07 Å². The molecule has 0 unspecified atom stereocenters. The SMILES string of the molecule is N#Cc1cc(C2=NNC(=O)CC2)ccc1N1CC[N+](=C=N)CC1. The molecule has 0 saturated carbocycles. The molecule has 0 bridgehead atoms. The topological polar surface area (TPSA) is 95.3 Å². The molecular formula is C16H17N6O+. The molecule has 1 amide bonds. The van der Waals surface area contributed by atoms with Gasteiger partial charge in [-0.2, -0.15) is 10.4 Å². The van der Waals surface area contributed by atoms with Crippen molar-refractivity contribution in [2.45, 2.75) is 12.8 Å². The van der Waals surface area contributed by atoms with E-state index in [1.54, 1.807) is 0 Å². The van der Waals surface area contributed by atoms with Crippen LogP contribution in [0.1, 0.15) is 24.0 Å². The van der Waals surface area contributed by atoms with Crippen molar-refractivity contribution in [3.63, 3.8) is 0 Å². The standard InChI is InChI=1S/C16H16N6O/c17-10-13-9-12(14-2-4-16(23)20-19-14)1-3-15(13)22-7-5-21(11-18)6-8-22/h1,3,9,18H,2,4-8H2/p+1. The number of hydrazone groups is 1. The Morgan fingerprint density at radius 2 is 2.09 bits per heavy atom. The Bertz CT molecular complexity index is 759. The van der Waals surface area contributed by atoms with Crippen molar-refractivity contribution in [2.24, 2.45) is 5.10 Å². The number of hydrogen-bond donors (Lipinski definition) is 2. The van der Waals surface area contributed by atoms with Crippen LogP contribution in [0.2, 0.25) is 0 Å². The summed E-state index contributed by atoms with van der Waals surface area (Å²) in [5, 5.41) is 20.7. The Kier molecular flexibility index (Phi) is 4.18. The van der Waals surface area contributed by atoms with Gasteiger partial charge in [0.25, 0.3) is 0 Å².